The first-order valence-electron chi connectivity index (χ1n) is 10.6. The van der Waals surface area contributed by atoms with E-state index >= 15 is 0 Å². The minimum atomic E-state index is -0.674. The van der Waals surface area contributed by atoms with Crippen LogP contribution in [0.5, 0.6) is 0 Å². The van der Waals surface area contributed by atoms with Crippen LogP contribution in [0, 0.1) is 5.92 Å². The summed E-state index contributed by atoms with van der Waals surface area (Å²) in [7, 11) is 0. The van der Waals surface area contributed by atoms with E-state index in [0.717, 1.165) is 23.1 Å². The molecule has 152 valence electrons. The molecular weight excluding hydrogens is 479 g/mol. The van der Waals surface area contributed by atoms with Gasteiger partial charge in [-0.3, -0.25) is 0 Å². The number of rotatable bonds is 8. The van der Waals surface area contributed by atoms with Gasteiger partial charge in [-0.1, -0.05) is 126 Å². The zero-order chi connectivity index (χ0) is 20.7. The molecule has 1 nitrogen and oxygen atoms in total. The van der Waals surface area contributed by atoms with Crippen molar-refractivity contribution in [3.8, 4) is 0 Å². The lowest BCUT2D eigenvalue weighted by Gasteiger charge is -2.39. The normalized spacial score (nSPS) is 17.4. The molecule has 2 atom stereocenters. The Bertz CT molecular complexity index is 867. The summed E-state index contributed by atoms with van der Waals surface area (Å²) < 4.78 is 9.26. The zero-order valence-corrected chi connectivity index (χ0v) is 19.2. The Kier molecular flexibility index (Phi) is 7.19. The van der Waals surface area contributed by atoms with Crippen LogP contribution in [-0.4, -0.2) is 6.10 Å². The second kappa shape index (κ2) is 10.2. The average Bonchev–Trinajstić information content (AvgIpc) is 3.32. The van der Waals surface area contributed by atoms with Gasteiger partial charge in [0.25, 0.3) is 0 Å². The molecular formula is C28H27IO. The lowest BCUT2D eigenvalue weighted by molar-refractivity contribution is -0.0317. The van der Waals surface area contributed by atoms with Crippen molar-refractivity contribution in [2.75, 3.05) is 0 Å². The van der Waals surface area contributed by atoms with Crippen molar-refractivity contribution >= 4 is 22.6 Å². The zero-order valence-electron chi connectivity index (χ0n) is 17.0. The first-order valence-corrected chi connectivity index (χ1v) is 11.9. The van der Waals surface area contributed by atoms with Crippen LogP contribution in [0.2, 0.25) is 0 Å². The van der Waals surface area contributed by atoms with Gasteiger partial charge in [-0.2, -0.15) is 0 Å². The minimum Gasteiger partial charge on any atom is -0.353 e. The second-order valence-corrected chi connectivity index (χ2v) is 8.47. The molecule has 0 radical (unpaired) electrons. The van der Waals surface area contributed by atoms with Crippen molar-refractivity contribution in [2.45, 2.75) is 31.0 Å². The van der Waals surface area contributed by atoms with E-state index in [-0.39, 0.29) is 6.10 Å². The number of hydrogen-bond acceptors (Lipinski definition) is 1. The lowest BCUT2D eigenvalue weighted by atomic mass is 9.79. The summed E-state index contributed by atoms with van der Waals surface area (Å²) in [5.74, 6) is 0.572. The van der Waals surface area contributed by atoms with Crippen LogP contribution in [0.4, 0.5) is 0 Å². The highest BCUT2D eigenvalue weighted by atomic mass is 127. The molecule has 1 aliphatic carbocycles. The fourth-order valence-corrected chi connectivity index (χ4v) is 4.85. The fourth-order valence-electron chi connectivity index (χ4n) is 4.39. The van der Waals surface area contributed by atoms with Crippen LogP contribution in [0.3, 0.4) is 0 Å². The number of halogens is 1. The number of allylic oxidation sites excluding steroid dienone is 2. The minimum absolute atomic E-state index is 0.00951. The molecule has 4 rings (SSSR count). The van der Waals surface area contributed by atoms with E-state index in [4.69, 9.17) is 4.74 Å². The van der Waals surface area contributed by atoms with Crippen LogP contribution >= 0.6 is 22.6 Å². The van der Waals surface area contributed by atoms with Crippen molar-refractivity contribution in [3.05, 3.63) is 130 Å². The highest BCUT2D eigenvalue weighted by Crippen LogP contribution is 2.42. The molecule has 30 heavy (non-hydrogen) atoms. The Balaban J connectivity index is 1.86. The SMILES string of the molecule is I/C=C/C(CC1C=CCC1)OC(c1ccccc1)(c1ccccc1)c1ccccc1. The van der Waals surface area contributed by atoms with E-state index in [9.17, 15) is 0 Å². The fraction of sp³-hybridized carbons (Fsp3) is 0.214. The average molecular weight is 506 g/mol. The van der Waals surface area contributed by atoms with Crippen LogP contribution in [0.15, 0.2) is 113 Å². The summed E-state index contributed by atoms with van der Waals surface area (Å²) in [6.45, 7) is 0. The van der Waals surface area contributed by atoms with Gasteiger partial charge >= 0.3 is 0 Å². The highest BCUT2D eigenvalue weighted by molar-refractivity contribution is 14.1. The topological polar surface area (TPSA) is 9.23 Å². The monoisotopic (exact) mass is 506 g/mol. The molecule has 2 heteroatoms. The highest BCUT2D eigenvalue weighted by Gasteiger charge is 2.39. The van der Waals surface area contributed by atoms with Crippen LogP contribution in [-0.2, 0) is 10.3 Å². The first-order chi connectivity index (χ1) is 14.8. The van der Waals surface area contributed by atoms with Crippen molar-refractivity contribution in [2.24, 2.45) is 5.92 Å². The molecule has 0 spiro atoms. The Morgan fingerprint density at radius 1 is 0.833 bits per heavy atom. The molecule has 0 aliphatic heterocycles. The second-order valence-electron chi connectivity index (χ2n) is 7.76. The molecule has 0 N–H and O–H groups in total. The van der Waals surface area contributed by atoms with E-state index in [2.05, 4.69) is 136 Å². The molecule has 0 heterocycles. The van der Waals surface area contributed by atoms with Gasteiger partial charge in [-0.05, 0) is 52.0 Å². The standard InChI is InChI=1S/C28H27IO/c29-21-20-27(22-23-12-10-11-13-23)30-28(24-14-4-1-5-15-24,25-16-6-2-7-17-25)26-18-8-3-9-19-26/h1-10,12,14-21,23,27H,11,13,22H2/b21-20+. The molecule has 0 saturated heterocycles. The lowest BCUT2D eigenvalue weighted by Crippen LogP contribution is -2.37. The molecule has 2 unspecified atom stereocenters. The van der Waals surface area contributed by atoms with Crippen molar-refractivity contribution in [1.82, 2.24) is 0 Å². The maximum Gasteiger partial charge on any atom is 0.144 e. The molecule has 0 fully saturated rings. The third kappa shape index (κ3) is 4.60. The van der Waals surface area contributed by atoms with Gasteiger partial charge in [0.2, 0.25) is 0 Å². The Labute approximate surface area is 193 Å². The number of benzene rings is 3. The van der Waals surface area contributed by atoms with Gasteiger partial charge in [0.05, 0.1) is 6.10 Å². The largest absolute Gasteiger partial charge is 0.353 e. The Morgan fingerprint density at radius 3 is 1.73 bits per heavy atom. The maximum absolute atomic E-state index is 7.17. The predicted molar refractivity (Wildman–Crippen MR) is 134 cm³/mol. The molecule has 0 saturated carbocycles. The molecule has 0 amide bonds. The predicted octanol–water partition coefficient (Wildman–Crippen LogP) is 7.67. The first kappa shape index (κ1) is 21.1. The maximum atomic E-state index is 7.17. The molecule has 0 bridgehead atoms. The smallest absolute Gasteiger partial charge is 0.144 e. The van der Waals surface area contributed by atoms with Gasteiger partial charge in [0.15, 0.2) is 0 Å². The van der Waals surface area contributed by atoms with Gasteiger partial charge < -0.3 is 4.74 Å². The Morgan fingerprint density at radius 2 is 1.33 bits per heavy atom. The molecule has 3 aromatic carbocycles. The van der Waals surface area contributed by atoms with E-state index in [1.54, 1.807) is 0 Å². The van der Waals surface area contributed by atoms with E-state index < -0.39 is 5.60 Å². The van der Waals surface area contributed by atoms with Gasteiger partial charge in [0.1, 0.15) is 5.60 Å². The van der Waals surface area contributed by atoms with E-state index in [0.29, 0.717) is 5.92 Å². The summed E-state index contributed by atoms with van der Waals surface area (Å²) in [6, 6.07) is 31.9. The van der Waals surface area contributed by atoms with Crippen LogP contribution < -0.4 is 0 Å². The third-order valence-corrected chi connectivity index (χ3v) is 6.22. The molecule has 0 aromatic heterocycles. The summed E-state index contributed by atoms with van der Waals surface area (Å²) in [6.07, 6.45) is 10.2. The number of hydrogen-bond donors (Lipinski definition) is 0. The van der Waals surface area contributed by atoms with Crippen molar-refractivity contribution < 1.29 is 4.74 Å². The van der Waals surface area contributed by atoms with Crippen LogP contribution in [0.1, 0.15) is 36.0 Å². The van der Waals surface area contributed by atoms with Gasteiger partial charge in [-0.15, -0.1) is 0 Å². The summed E-state index contributed by atoms with van der Waals surface area (Å²) in [5, 5.41) is 0. The number of ether oxygens (including phenoxy) is 1. The van der Waals surface area contributed by atoms with E-state index in [1.165, 1.54) is 12.8 Å². The molecule has 3 aromatic rings. The summed E-state index contributed by atoms with van der Waals surface area (Å²) in [5.41, 5.74) is 2.77. The Hall–Kier alpha value is -2.17. The van der Waals surface area contributed by atoms with Crippen molar-refractivity contribution in [3.63, 3.8) is 0 Å². The summed E-state index contributed by atoms with van der Waals surface area (Å²) in [4.78, 5) is 0. The summed E-state index contributed by atoms with van der Waals surface area (Å²) >= 11 is 2.31. The van der Waals surface area contributed by atoms with Gasteiger partial charge in [-0.25, -0.2) is 0 Å². The molecule has 1 aliphatic rings. The van der Waals surface area contributed by atoms with Gasteiger partial charge in [0, 0.05) is 0 Å². The quantitative estimate of drug-likeness (QED) is 0.173. The third-order valence-electron chi connectivity index (χ3n) is 5.80. The van der Waals surface area contributed by atoms with Crippen LogP contribution in [0.25, 0.3) is 0 Å². The van der Waals surface area contributed by atoms with Crippen molar-refractivity contribution in [1.29, 1.82) is 0 Å². The van der Waals surface area contributed by atoms with E-state index in [1.807, 2.05) is 0 Å².